The first-order valence-electron chi connectivity index (χ1n) is 7.74. The molecule has 1 rings (SSSR count). The summed E-state index contributed by atoms with van der Waals surface area (Å²) in [5, 5.41) is 36.8. The molecule has 0 atom stereocenters. The normalized spacial score (nSPS) is 14.2. The molecule has 8 nitrogen and oxygen atoms in total. The summed E-state index contributed by atoms with van der Waals surface area (Å²) < 4.78 is 22.1. The van der Waals surface area contributed by atoms with Gasteiger partial charge < -0.3 is 20.4 Å². The summed E-state index contributed by atoms with van der Waals surface area (Å²) in [6.07, 6.45) is -0.473. The van der Waals surface area contributed by atoms with Crippen molar-refractivity contribution in [1.82, 2.24) is 0 Å². The van der Waals surface area contributed by atoms with Crippen molar-refractivity contribution < 1.29 is 43.7 Å². The van der Waals surface area contributed by atoms with E-state index in [9.17, 15) is 29.4 Å². The Bertz CT molecular complexity index is 723. The molecule has 0 unspecified atom stereocenters. The Morgan fingerprint density at radius 1 is 0.913 bits per heavy atom. The van der Waals surface area contributed by atoms with Crippen molar-refractivity contribution in [2.24, 2.45) is 5.41 Å². The first-order valence-corrected chi connectivity index (χ1v) is 6.24. The molecule has 0 saturated heterocycles. The van der Waals surface area contributed by atoms with E-state index in [1.54, 1.807) is 0 Å². The molecule has 0 aliphatic carbocycles. The highest BCUT2D eigenvalue weighted by Crippen LogP contribution is 2.28. The smallest absolute Gasteiger partial charge is 0.325 e. The fourth-order valence-electron chi connectivity index (χ4n) is 1.86. The van der Waals surface area contributed by atoms with Crippen molar-refractivity contribution in [2.45, 2.75) is 25.6 Å². The van der Waals surface area contributed by atoms with Gasteiger partial charge in [0.15, 0.2) is 10.8 Å². The number of carboxylic acid groups (broad SMARTS) is 4. The second-order valence-corrected chi connectivity index (χ2v) is 5.18. The van der Waals surface area contributed by atoms with Gasteiger partial charge in [-0.05, 0) is 31.3 Å². The first kappa shape index (κ1) is 13.7. The number of hydrogen-bond donors (Lipinski definition) is 4. The molecule has 4 N–H and O–H groups in total. The van der Waals surface area contributed by atoms with Crippen LogP contribution < -0.4 is 0 Å². The highest BCUT2D eigenvalue weighted by atomic mass is 16.4. The van der Waals surface area contributed by atoms with Crippen molar-refractivity contribution in [1.29, 1.82) is 0 Å². The number of rotatable bonds is 7. The van der Waals surface area contributed by atoms with E-state index >= 15 is 0 Å². The molecule has 0 bridgehead atoms. The third kappa shape index (κ3) is 3.15. The number of carboxylic acids is 4. The van der Waals surface area contributed by atoms with E-state index < -0.39 is 53.5 Å². The molecule has 8 heteroatoms. The summed E-state index contributed by atoms with van der Waals surface area (Å²) in [6, 6.07) is 4.06. The summed E-state index contributed by atoms with van der Waals surface area (Å²) in [6.45, 7) is -2.43. The van der Waals surface area contributed by atoms with Crippen molar-refractivity contribution in [3.8, 4) is 0 Å². The monoisotopic (exact) mass is 327 g/mol. The average molecular weight is 327 g/mol. The van der Waals surface area contributed by atoms with Crippen LogP contribution in [-0.4, -0.2) is 44.3 Å². The highest BCUT2D eigenvalue weighted by Gasteiger charge is 2.44. The molecule has 0 fully saturated rings. The van der Waals surface area contributed by atoms with Crippen molar-refractivity contribution in [3.05, 3.63) is 35.4 Å². The van der Waals surface area contributed by atoms with Gasteiger partial charge in [-0.15, -0.1) is 0 Å². The van der Waals surface area contributed by atoms with Gasteiger partial charge in [0.05, 0.1) is 0 Å². The van der Waals surface area contributed by atoms with Crippen LogP contribution in [0.2, 0.25) is 0 Å². The predicted octanol–water partition coefficient (Wildman–Crippen LogP) is 0.831. The fraction of sp³-hybridized carbons (Fsp3) is 0.333. The number of carbonyl (C=O) groups is 4. The fourth-order valence-corrected chi connectivity index (χ4v) is 1.86. The predicted molar refractivity (Wildman–Crippen MR) is 76.1 cm³/mol. The second kappa shape index (κ2) is 6.07. The second-order valence-electron chi connectivity index (χ2n) is 5.18. The number of hydrogen-bond acceptors (Lipinski definition) is 4. The molecule has 0 radical (unpaired) electrons. The quantitative estimate of drug-likeness (QED) is 0.538. The molecule has 0 aliphatic heterocycles. The van der Waals surface area contributed by atoms with E-state index in [0.29, 0.717) is 0 Å². The average Bonchev–Trinajstić information content (AvgIpc) is 2.46. The van der Waals surface area contributed by atoms with Crippen LogP contribution in [0.3, 0.4) is 0 Å². The Hall–Kier alpha value is -2.90. The summed E-state index contributed by atoms with van der Waals surface area (Å²) >= 11 is 0. The summed E-state index contributed by atoms with van der Waals surface area (Å²) in [7, 11) is 0. The van der Waals surface area contributed by atoms with Crippen LogP contribution in [0.1, 0.15) is 29.0 Å². The molecule has 0 aromatic heterocycles. The van der Waals surface area contributed by atoms with Gasteiger partial charge in [0, 0.05) is 4.11 Å². The lowest BCUT2D eigenvalue weighted by atomic mass is 9.80. The van der Waals surface area contributed by atoms with E-state index in [1.165, 1.54) is 0 Å². The summed E-state index contributed by atoms with van der Waals surface area (Å²) in [5.41, 5.74) is -5.78. The molecular formula is C15H16O8. The molecule has 0 saturated carbocycles. The Morgan fingerprint density at radius 2 is 1.35 bits per heavy atom. The van der Waals surface area contributed by atoms with Crippen molar-refractivity contribution in [2.75, 3.05) is 0 Å². The molecule has 0 heterocycles. The van der Waals surface area contributed by atoms with Crippen molar-refractivity contribution >= 4 is 23.9 Å². The van der Waals surface area contributed by atoms with Gasteiger partial charge in [-0.1, -0.05) is 24.3 Å². The summed E-state index contributed by atoms with van der Waals surface area (Å²) in [4.78, 5) is 45.4. The molecular weight excluding hydrogens is 308 g/mol. The number of aliphatic carboxylic acids is 4. The van der Waals surface area contributed by atoms with Gasteiger partial charge in [-0.2, -0.15) is 0 Å². The molecule has 124 valence electrons. The van der Waals surface area contributed by atoms with Gasteiger partial charge in [-0.25, -0.2) is 0 Å². The molecule has 1 aromatic rings. The Morgan fingerprint density at radius 3 is 1.65 bits per heavy atom. The molecule has 0 aliphatic rings. The first-order chi connectivity index (χ1) is 11.7. The zero-order valence-corrected chi connectivity index (χ0v) is 11.9. The minimum absolute atomic E-state index is 0.149. The Kier molecular flexibility index (Phi) is 3.63. The van der Waals surface area contributed by atoms with Crippen LogP contribution >= 0.6 is 0 Å². The van der Waals surface area contributed by atoms with Crippen LogP contribution in [0.4, 0.5) is 0 Å². The van der Waals surface area contributed by atoms with E-state index in [2.05, 4.69) is 0 Å². The minimum atomic E-state index is -3.41. The van der Waals surface area contributed by atoms with E-state index in [4.69, 9.17) is 14.3 Å². The molecule has 1 aromatic carbocycles. The maximum Gasteiger partial charge on any atom is 0.325 e. The van der Waals surface area contributed by atoms with E-state index in [0.717, 1.165) is 31.2 Å². The van der Waals surface area contributed by atoms with Crippen molar-refractivity contribution in [3.63, 3.8) is 0 Å². The standard InChI is InChI=1S/C15H16O8/c1-14(10(16)17,11(18)19)7-8-3-5-9(6-4-8)15(2,12(20)21)13(22)23/h3-6H,7H2,1-2H3,(H,16,17)(H,18,19)(H,20,21)(H,22,23)/i2D3. The van der Waals surface area contributed by atoms with E-state index in [1.807, 2.05) is 0 Å². The van der Waals surface area contributed by atoms with Gasteiger partial charge in [0.25, 0.3) is 0 Å². The summed E-state index contributed by atoms with van der Waals surface area (Å²) in [5.74, 6) is -7.36. The van der Waals surface area contributed by atoms with Crippen LogP contribution in [0, 0.1) is 5.41 Å². The van der Waals surface area contributed by atoms with Gasteiger partial charge in [0.2, 0.25) is 0 Å². The number of benzene rings is 1. The zero-order chi connectivity index (χ0) is 20.5. The maximum absolute atomic E-state index is 11.5. The van der Waals surface area contributed by atoms with E-state index in [-0.39, 0.29) is 5.56 Å². The molecule has 23 heavy (non-hydrogen) atoms. The Labute approximate surface area is 135 Å². The van der Waals surface area contributed by atoms with Gasteiger partial charge in [0.1, 0.15) is 0 Å². The lowest BCUT2D eigenvalue weighted by Gasteiger charge is -2.22. The lowest BCUT2D eigenvalue weighted by molar-refractivity contribution is -0.163. The minimum Gasteiger partial charge on any atom is -0.480 e. The third-order valence-electron chi connectivity index (χ3n) is 3.53. The largest absolute Gasteiger partial charge is 0.480 e. The third-order valence-corrected chi connectivity index (χ3v) is 3.53. The SMILES string of the molecule is [2H]C([2H])([2H])C(C(=O)O)(C(=O)O)c1ccc(CC(C)(C(=O)O)C(=O)O)cc1. The Balaban J connectivity index is 3.43. The maximum atomic E-state index is 11.5. The molecule has 0 amide bonds. The zero-order valence-electron chi connectivity index (χ0n) is 14.9. The topological polar surface area (TPSA) is 149 Å². The van der Waals surface area contributed by atoms with Crippen LogP contribution in [-0.2, 0) is 31.0 Å². The van der Waals surface area contributed by atoms with Crippen LogP contribution in [0.25, 0.3) is 0 Å². The van der Waals surface area contributed by atoms with Crippen LogP contribution in [0.5, 0.6) is 0 Å². The molecule has 0 spiro atoms. The highest BCUT2D eigenvalue weighted by molar-refractivity contribution is 6.04. The van der Waals surface area contributed by atoms with Gasteiger partial charge >= 0.3 is 23.9 Å². The van der Waals surface area contributed by atoms with Gasteiger partial charge in [-0.3, -0.25) is 19.2 Å². The van der Waals surface area contributed by atoms with Crippen LogP contribution in [0.15, 0.2) is 24.3 Å². The lowest BCUT2D eigenvalue weighted by Crippen LogP contribution is -2.41.